The van der Waals surface area contributed by atoms with Crippen molar-refractivity contribution in [2.45, 2.75) is 26.7 Å². The number of pyridine rings is 1. The predicted molar refractivity (Wildman–Crippen MR) is 70.0 cm³/mol. The Morgan fingerprint density at radius 3 is 2.89 bits per heavy atom. The van der Waals surface area contributed by atoms with Crippen LogP contribution >= 0.6 is 0 Å². The average Bonchev–Trinajstić information content (AvgIpc) is 2.37. The van der Waals surface area contributed by atoms with Crippen molar-refractivity contribution < 1.29 is 4.79 Å². The number of nitrogens with zero attached hydrogens (tertiary/aromatic N) is 3. The number of hydrogen-bond donors (Lipinski definition) is 0. The minimum Gasteiger partial charge on any atom is -0.342 e. The number of carbonyl (C=O) groups excluding carboxylic acids is 1. The monoisotopic (exact) mass is 245 g/mol. The summed E-state index contributed by atoms with van der Waals surface area (Å²) in [6.07, 6.45) is 5.05. The first-order chi connectivity index (χ1) is 8.56. The molecule has 0 aliphatic carbocycles. The molecule has 0 bridgehead atoms. The fourth-order valence-electron chi connectivity index (χ4n) is 1.71. The van der Waals surface area contributed by atoms with E-state index in [1.807, 2.05) is 6.07 Å². The zero-order valence-electron chi connectivity index (χ0n) is 11.2. The molecular formula is C14H19N3O. The second-order valence-electron chi connectivity index (χ2n) is 4.80. The van der Waals surface area contributed by atoms with Crippen LogP contribution in [0, 0.1) is 17.2 Å². The Morgan fingerprint density at radius 2 is 2.28 bits per heavy atom. The van der Waals surface area contributed by atoms with Gasteiger partial charge in [0, 0.05) is 26.0 Å². The van der Waals surface area contributed by atoms with Crippen LogP contribution in [-0.4, -0.2) is 29.4 Å². The molecule has 0 saturated heterocycles. The summed E-state index contributed by atoms with van der Waals surface area (Å²) < 4.78 is 0. The Balaban J connectivity index is 2.66. The molecule has 1 amide bonds. The summed E-state index contributed by atoms with van der Waals surface area (Å²) >= 11 is 0. The lowest BCUT2D eigenvalue weighted by Gasteiger charge is -2.18. The lowest BCUT2D eigenvalue weighted by atomic mass is 10.1. The lowest BCUT2D eigenvalue weighted by molar-refractivity contribution is 0.0790. The number of nitriles is 1. The molecule has 0 aliphatic rings. The molecule has 4 heteroatoms. The third-order valence-electron chi connectivity index (χ3n) is 2.79. The molecule has 4 nitrogen and oxygen atoms in total. The van der Waals surface area contributed by atoms with Gasteiger partial charge in [-0.25, -0.2) is 0 Å². The van der Waals surface area contributed by atoms with Gasteiger partial charge in [-0.15, -0.1) is 0 Å². The third-order valence-corrected chi connectivity index (χ3v) is 2.79. The van der Waals surface area contributed by atoms with E-state index in [1.165, 1.54) is 12.4 Å². The Morgan fingerprint density at radius 1 is 1.56 bits per heavy atom. The molecule has 1 aromatic rings. The van der Waals surface area contributed by atoms with E-state index in [9.17, 15) is 4.79 Å². The number of rotatable bonds is 5. The second-order valence-corrected chi connectivity index (χ2v) is 4.80. The van der Waals surface area contributed by atoms with Crippen molar-refractivity contribution >= 4 is 5.91 Å². The molecule has 0 spiro atoms. The molecule has 0 saturated carbocycles. The van der Waals surface area contributed by atoms with E-state index in [2.05, 4.69) is 18.8 Å². The van der Waals surface area contributed by atoms with Gasteiger partial charge in [0.15, 0.2) is 0 Å². The van der Waals surface area contributed by atoms with E-state index in [0.717, 1.165) is 12.8 Å². The van der Waals surface area contributed by atoms with Crippen LogP contribution in [0.2, 0.25) is 0 Å². The number of aromatic nitrogens is 1. The fourth-order valence-corrected chi connectivity index (χ4v) is 1.71. The minimum atomic E-state index is -0.136. The van der Waals surface area contributed by atoms with Crippen molar-refractivity contribution in [3.63, 3.8) is 0 Å². The van der Waals surface area contributed by atoms with Crippen LogP contribution in [-0.2, 0) is 0 Å². The van der Waals surface area contributed by atoms with E-state index < -0.39 is 0 Å². The Hall–Kier alpha value is -1.89. The zero-order chi connectivity index (χ0) is 13.5. The molecule has 0 N–H and O–H groups in total. The van der Waals surface area contributed by atoms with E-state index in [-0.39, 0.29) is 5.91 Å². The van der Waals surface area contributed by atoms with Gasteiger partial charge in [0.25, 0.3) is 5.91 Å². The smallest absolute Gasteiger partial charge is 0.256 e. The van der Waals surface area contributed by atoms with E-state index in [4.69, 9.17) is 5.26 Å². The van der Waals surface area contributed by atoms with E-state index >= 15 is 0 Å². The van der Waals surface area contributed by atoms with Gasteiger partial charge in [0.2, 0.25) is 0 Å². The van der Waals surface area contributed by atoms with Gasteiger partial charge in [-0.1, -0.05) is 13.8 Å². The first-order valence-corrected chi connectivity index (χ1v) is 6.15. The summed E-state index contributed by atoms with van der Waals surface area (Å²) in [5.74, 6) is 0.505. The van der Waals surface area contributed by atoms with Gasteiger partial charge >= 0.3 is 0 Å². The highest BCUT2D eigenvalue weighted by molar-refractivity contribution is 5.96. The molecule has 0 fully saturated rings. The van der Waals surface area contributed by atoms with Crippen molar-refractivity contribution in [1.82, 2.24) is 9.88 Å². The van der Waals surface area contributed by atoms with Gasteiger partial charge in [-0.3, -0.25) is 9.78 Å². The summed E-state index contributed by atoms with van der Waals surface area (Å²) in [6, 6.07) is 3.58. The van der Waals surface area contributed by atoms with Crippen LogP contribution in [0.3, 0.4) is 0 Å². The maximum Gasteiger partial charge on any atom is 0.256 e. The maximum atomic E-state index is 12.1. The highest BCUT2D eigenvalue weighted by Gasteiger charge is 2.15. The van der Waals surface area contributed by atoms with E-state index in [0.29, 0.717) is 23.6 Å². The summed E-state index contributed by atoms with van der Waals surface area (Å²) in [7, 11) is 1.76. The lowest BCUT2D eigenvalue weighted by Crippen LogP contribution is -2.28. The van der Waals surface area contributed by atoms with Gasteiger partial charge in [-0.05, 0) is 24.8 Å². The average molecular weight is 245 g/mol. The van der Waals surface area contributed by atoms with Crippen molar-refractivity contribution in [2.24, 2.45) is 5.92 Å². The van der Waals surface area contributed by atoms with Crippen LogP contribution in [0.4, 0.5) is 0 Å². The minimum absolute atomic E-state index is 0.136. The molecule has 0 unspecified atom stereocenters. The first kappa shape index (κ1) is 14.2. The quantitative estimate of drug-likeness (QED) is 0.800. The van der Waals surface area contributed by atoms with Gasteiger partial charge < -0.3 is 4.90 Å². The molecule has 96 valence electrons. The molecule has 0 aromatic carbocycles. The second kappa shape index (κ2) is 6.75. The topological polar surface area (TPSA) is 57.0 Å². The molecule has 1 rings (SSSR count). The van der Waals surface area contributed by atoms with Gasteiger partial charge in [-0.2, -0.15) is 5.26 Å². The molecule has 0 atom stereocenters. The van der Waals surface area contributed by atoms with Crippen LogP contribution < -0.4 is 0 Å². The summed E-state index contributed by atoms with van der Waals surface area (Å²) in [4.78, 5) is 17.7. The van der Waals surface area contributed by atoms with Crippen LogP contribution in [0.25, 0.3) is 0 Å². The highest BCUT2D eigenvalue weighted by atomic mass is 16.2. The maximum absolute atomic E-state index is 12.1. The summed E-state index contributed by atoms with van der Waals surface area (Å²) in [6.45, 7) is 5.03. The first-order valence-electron chi connectivity index (χ1n) is 6.15. The van der Waals surface area contributed by atoms with Gasteiger partial charge in [0.05, 0.1) is 11.1 Å². The van der Waals surface area contributed by atoms with Crippen LogP contribution in [0.5, 0.6) is 0 Å². The van der Waals surface area contributed by atoms with Crippen molar-refractivity contribution in [3.05, 3.63) is 29.6 Å². The molecule has 1 aromatic heterocycles. The molecule has 18 heavy (non-hydrogen) atoms. The van der Waals surface area contributed by atoms with Gasteiger partial charge in [0.1, 0.15) is 6.07 Å². The fraction of sp³-hybridized carbons (Fsp3) is 0.500. The highest BCUT2D eigenvalue weighted by Crippen LogP contribution is 2.10. The zero-order valence-corrected chi connectivity index (χ0v) is 11.2. The Kier molecular flexibility index (Phi) is 5.31. The molecule has 0 radical (unpaired) electrons. The Labute approximate surface area is 108 Å². The van der Waals surface area contributed by atoms with E-state index in [1.54, 1.807) is 18.0 Å². The van der Waals surface area contributed by atoms with Crippen molar-refractivity contribution in [1.29, 1.82) is 5.26 Å². The predicted octanol–water partition coefficient (Wildman–Crippen LogP) is 2.46. The standard InChI is InChI=1S/C14H19N3O/c1-11(2)5-4-8-17(3)14(18)13-10-16-7-6-12(13)9-15/h6-7,10-11H,4-5,8H2,1-3H3. The summed E-state index contributed by atoms with van der Waals surface area (Å²) in [5.41, 5.74) is 0.762. The number of amides is 1. The molecule has 1 heterocycles. The SMILES string of the molecule is CC(C)CCCN(C)C(=O)c1cnccc1C#N. The van der Waals surface area contributed by atoms with Crippen LogP contribution in [0.1, 0.15) is 42.6 Å². The number of carbonyl (C=O) groups is 1. The Bertz CT molecular complexity index is 449. The summed E-state index contributed by atoms with van der Waals surface area (Å²) in [5, 5.41) is 8.95. The van der Waals surface area contributed by atoms with Crippen LogP contribution in [0.15, 0.2) is 18.5 Å². The third kappa shape index (κ3) is 3.85. The van der Waals surface area contributed by atoms with Crippen molar-refractivity contribution in [3.8, 4) is 6.07 Å². The number of hydrogen-bond acceptors (Lipinski definition) is 3. The van der Waals surface area contributed by atoms with Crippen molar-refractivity contribution in [2.75, 3.05) is 13.6 Å². The molecular weight excluding hydrogens is 226 g/mol. The molecule has 0 aliphatic heterocycles. The largest absolute Gasteiger partial charge is 0.342 e. The normalized spacial score (nSPS) is 10.2.